The van der Waals surface area contributed by atoms with Crippen molar-refractivity contribution in [2.75, 3.05) is 0 Å². The van der Waals surface area contributed by atoms with Crippen LogP contribution in [0.3, 0.4) is 0 Å². The van der Waals surface area contributed by atoms with Gasteiger partial charge in [0.1, 0.15) is 5.75 Å². The van der Waals surface area contributed by atoms with E-state index in [1.54, 1.807) is 0 Å². The third-order valence-corrected chi connectivity index (χ3v) is 5.60. The second-order valence-corrected chi connectivity index (χ2v) is 8.23. The number of halogens is 1. The van der Waals surface area contributed by atoms with Gasteiger partial charge in [0.05, 0.1) is 21.2 Å². The highest BCUT2D eigenvalue weighted by Crippen LogP contribution is 2.31. The van der Waals surface area contributed by atoms with Crippen LogP contribution in [-0.2, 0) is 4.79 Å². The molecule has 2 aromatic carbocycles. The molecule has 140 valence electrons. The van der Waals surface area contributed by atoms with Crippen LogP contribution in [0.4, 0.5) is 5.69 Å². The summed E-state index contributed by atoms with van der Waals surface area (Å²) in [6.07, 6.45) is 2.95. The van der Waals surface area contributed by atoms with Crippen molar-refractivity contribution in [3.8, 4) is 5.75 Å². The molecule has 0 aliphatic carbocycles. The molecular formula is C21H21BrN2O2S. The number of aliphatic imine (C=N–C) groups is 1. The number of aryl methyl sites for hydroxylation is 1. The second-order valence-electron chi connectivity index (χ2n) is 6.34. The first-order valence-electron chi connectivity index (χ1n) is 8.77. The molecule has 0 radical (unpaired) electrons. The number of ether oxygens (including phenoxy) is 1. The summed E-state index contributed by atoms with van der Waals surface area (Å²) in [5, 5.41) is 3.41. The Kier molecular flexibility index (Phi) is 6.39. The molecule has 1 fully saturated rings. The van der Waals surface area contributed by atoms with E-state index in [1.165, 1.54) is 17.3 Å². The molecule has 3 rings (SSSR count). The maximum atomic E-state index is 12.3. The lowest BCUT2D eigenvalue weighted by Gasteiger charge is -2.14. The molecule has 0 unspecified atom stereocenters. The molecule has 1 heterocycles. The van der Waals surface area contributed by atoms with Gasteiger partial charge in [-0.2, -0.15) is 0 Å². The summed E-state index contributed by atoms with van der Waals surface area (Å²) < 4.78 is 6.73. The molecule has 1 aliphatic heterocycles. The molecule has 0 aromatic heterocycles. The van der Waals surface area contributed by atoms with E-state index in [1.807, 2.05) is 62.4 Å². The van der Waals surface area contributed by atoms with Crippen molar-refractivity contribution in [1.29, 1.82) is 0 Å². The predicted octanol–water partition coefficient (Wildman–Crippen LogP) is 5.83. The lowest BCUT2D eigenvalue weighted by Crippen LogP contribution is -2.19. The topological polar surface area (TPSA) is 50.7 Å². The first kappa shape index (κ1) is 19.7. The predicted molar refractivity (Wildman–Crippen MR) is 117 cm³/mol. The average molecular weight is 445 g/mol. The second kappa shape index (κ2) is 8.76. The summed E-state index contributed by atoms with van der Waals surface area (Å²) in [6.45, 7) is 6.15. The van der Waals surface area contributed by atoms with Gasteiger partial charge in [0.15, 0.2) is 5.17 Å². The zero-order valence-electron chi connectivity index (χ0n) is 15.5. The highest BCUT2D eigenvalue weighted by atomic mass is 79.9. The molecule has 1 N–H and O–H groups in total. The normalized spacial score (nSPS) is 18.0. The van der Waals surface area contributed by atoms with Crippen LogP contribution in [0.15, 0.2) is 56.8 Å². The summed E-state index contributed by atoms with van der Waals surface area (Å²) >= 11 is 4.89. The van der Waals surface area contributed by atoms with E-state index in [0.29, 0.717) is 10.1 Å². The quantitative estimate of drug-likeness (QED) is 0.590. The summed E-state index contributed by atoms with van der Waals surface area (Å²) in [4.78, 5) is 17.4. The van der Waals surface area contributed by atoms with Gasteiger partial charge >= 0.3 is 0 Å². The fourth-order valence-electron chi connectivity index (χ4n) is 2.37. The van der Waals surface area contributed by atoms with Gasteiger partial charge in [-0.1, -0.05) is 30.7 Å². The lowest BCUT2D eigenvalue weighted by atomic mass is 10.2. The Hall–Kier alpha value is -2.05. The highest BCUT2D eigenvalue weighted by molar-refractivity contribution is 9.10. The van der Waals surface area contributed by atoms with Gasteiger partial charge in [-0.05, 0) is 83.9 Å². The highest BCUT2D eigenvalue weighted by Gasteiger charge is 2.23. The molecule has 6 heteroatoms. The Balaban J connectivity index is 1.76. The number of rotatable bonds is 5. The maximum Gasteiger partial charge on any atom is 0.264 e. The molecule has 0 spiro atoms. The van der Waals surface area contributed by atoms with E-state index >= 15 is 0 Å². The number of thioether (sulfide) groups is 1. The molecule has 0 bridgehead atoms. The first-order chi connectivity index (χ1) is 12.9. The van der Waals surface area contributed by atoms with Gasteiger partial charge in [0, 0.05) is 0 Å². The van der Waals surface area contributed by atoms with Crippen molar-refractivity contribution in [2.45, 2.75) is 33.3 Å². The van der Waals surface area contributed by atoms with E-state index in [-0.39, 0.29) is 12.0 Å². The smallest absolute Gasteiger partial charge is 0.264 e. The van der Waals surface area contributed by atoms with Crippen molar-refractivity contribution >= 4 is 50.5 Å². The van der Waals surface area contributed by atoms with Crippen LogP contribution in [0.5, 0.6) is 5.75 Å². The van der Waals surface area contributed by atoms with Crippen LogP contribution in [0, 0.1) is 6.92 Å². The molecular weight excluding hydrogens is 424 g/mol. The minimum Gasteiger partial charge on any atom is -0.490 e. The zero-order valence-corrected chi connectivity index (χ0v) is 17.9. The SMILES string of the molecule is CC[C@H](C)Oc1ccc(/C=C2/SC(=Nc3ccc(C)cc3)NC2=O)cc1Br. The van der Waals surface area contributed by atoms with Gasteiger partial charge in [0.25, 0.3) is 5.91 Å². The number of carbonyl (C=O) groups is 1. The number of carbonyl (C=O) groups excluding carboxylic acids is 1. The van der Waals surface area contributed by atoms with Crippen LogP contribution < -0.4 is 10.1 Å². The van der Waals surface area contributed by atoms with E-state index in [0.717, 1.165) is 27.9 Å². The molecule has 2 aromatic rings. The van der Waals surface area contributed by atoms with Crippen LogP contribution in [-0.4, -0.2) is 17.2 Å². The van der Waals surface area contributed by atoms with E-state index in [4.69, 9.17) is 4.74 Å². The number of nitrogens with one attached hydrogen (secondary N) is 1. The number of hydrogen-bond acceptors (Lipinski definition) is 4. The molecule has 1 aliphatic rings. The van der Waals surface area contributed by atoms with Gasteiger partial charge in [-0.25, -0.2) is 4.99 Å². The number of amidine groups is 1. The lowest BCUT2D eigenvalue weighted by molar-refractivity contribution is -0.115. The molecule has 27 heavy (non-hydrogen) atoms. The largest absolute Gasteiger partial charge is 0.490 e. The minimum absolute atomic E-state index is 0.137. The van der Waals surface area contributed by atoms with E-state index in [2.05, 4.69) is 33.2 Å². The van der Waals surface area contributed by atoms with Crippen molar-refractivity contribution in [1.82, 2.24) is 5.32 Å². The summed E-state index contributed by atoms with van der Waals surface area (Å²) in [6, 6.07) is 13.7. The van der Waals surface area contributed by atoms with E-state index in [9.17, 15) is 4.79 Å². The first-order valence-corrected chi connectivity index (χ1v) is 10.4. The number of nitrogens with zero attached hydrogens (tertiary/aromatic N) is 1. The van der Waals surface area contributed by atoms with Gasteiger partial charge in [-0.3, -0.25) is 4.79 Å². The van der Waals surface area contributed by atoms with Crippen LogP contribution in [0.1, 0.15) is 31.4 Å². The molecule has 4 nitrogen and oxygen atoms in total. The van der Waals surface area contributed by atoms with E-state index < -0.39 is 0 Å². The van der Waals surface area contributed by atoms with Crippen LogP contribution in [0.25, 0.3) is 6.08 Å². The fourth-order valence-corrected chi connectivity index (χ4v) is 3.70. The monoisotopic (exact) mass is 444 g/mol. The van der Waals surface area contributed by atoms with Crippen LogP contribution >= 0.6 is 27.7 Å². The Morgan fingerprint density at radius 3 is 2.67 bits per heavy atom. The third kappa shape index (κ3) is 5.23. The molecule has 1 atom stereocenters. The molecule has 0 saturated carbocycles. The van der Waals surface area contributed by atoms with Crippen LogP contribution in [0.2, 0.25) is 0 Å². The van der Waals surface area contributed by atoms with Crippen molar-refractivity contribution in [3.05, 3.63) is 63.0 Å². The standard InChI is InChI=1S/C21H21BrN2O2S/c1-4-14(3)26-18-10-7-15(11-17(18)22)12-19-20(25)24-21(27-19)23-16-8-5-13(2)6-9-16/h5-12,14H,4H2,1-3H3,(H,23,24,25)/b19-12+/t14-/m0/s1. The Labute approximate surface area is 172 Å². The summed E-state index contributed by atoms with van der Waals surface area (Å²) in [7, 11) is 0. The summed E-state index contributed by atoms with van der Waals surface area (Å²) in [5.41, 5.74) is 2.92. The molecule has 1 saturated heterocycles. The van der Waals surface area contributed by atoms with Crippen molar-refractivity contribution in [3.63, 3.8) is 0 Å². The van der Waals surface area contributed by atoms with Crippen molar-refractivity contribution in [2.24, 2.45) is 4.99 Å². The third-order valence-electron chi connectivity index (χ3n) is 4.07. The zero-order chi connectivity index (χ0) is 19.4. The van der Waals surface area contributed by atoms with Crippen molar-refractivity contribution < 1.29 is 9.53 Å². The Morgan fingerprint density at radius 1 is 1.26 bits per heavy atom. The maximum absolute atomic E-state index is 12.3. The van der Waals surface area contributed by atoms with Gasteiger partial charge < -0.3 is 10.1 Å². The minimum atomic E-state index is -0.137. The number of hydrogen-bond donors (Lipinski definition) is 1. The van der Waals surface area contributed by atoms with Gasteiger partial charge in [0.2, 0.25) is 0 Å². The summed E-state index contributed by atoms with van der Waals surface area (Å²) in [5.74, 6) is 0.665. The molecule has 1 amide bonds. The number of benzene rings is 2. The fraction of sp³-hybridized carbons (Fsp3) is 0.238. The number of amides is 1. The van der Waals surface area contributed by atoms with Gasteiger partial charge in [-0.15, -0.1) is 0 Å². The Bertz CT molecular complexity index is 907. The average Bonchev–Trinajstić information content (AvgIpc) is 2.98. The Morgan fingerprint density at radius 2 is 2.00 bits per heavy atom.